The molecule has 3 aromatic rings. The van der Waals surface area contributed by atoms with Crippen LogP contribution >= 0.6 is 11.6 Å². The zero-order valence-corrected chi connectivity index (χ0v) is 27.5. The van der Waals surface area contributed by atoms with Crippen molar-refractivity contribution in [3.63, 3.8) is 0 Å². The number of rotatable bonds is 7. The van der Waals surface area contributed by atoms with Gasteiger partial charge in [-0.3, -0.25) is 0 Å². The van der Waals surface area contributed by atoms with E-state index >= 15 is 0 Å². The Labute approximate surface area is 276 Å². The van der Waals surface area contributed by atoms with Gasteiger partial charge in [-0.05, 0) is 105 Å². The fraction of sp³-hybridized carbons (Fsp3) is 0.500. The number of amides is 1. The van der Waals surface area contributed by atoms with Crippen LogP contribution in [0, 0.1) is 16.7 Å². The SMILES string of the molecule is CC(C)(c1ccc(OCc2ccnc(N3CCC4(CC3)CCN(C3CCN(C(=O)O)CC3)CC4)n2)cc1)c1cc(Cl)cc(C#N)c1. The van der Waals surface area contributed by atoms with Crippen LogP contribution in [0.3, 0.4) is 0 Å². The van der Waals surface area contributed by atoms with Gasteiger partial charge in [-0.15, -0.1) is 0 Å². The molecule has 6 rings (SSSR count). The van der Waals surface area contributed by atoms with Crippen molar-refractivity contribution in [3.8, 4) is 11.8 Å². The highest BCUT2D eigenvalue weighted by Crippen LogP contribution is 2.42. The number of nitriles is 1. The number of hydrogen-bond acceptors (Lipinski definition) is 7. The summed E-state index contributed by atoms with van der Waals surface area (Å²) in [6, 6.07) is 18.2. The number of ether oxygens (including phenoxy) is 1. The first-order valence-corrected chi connectivity index (χ1v) is 16.8. The molecule has 0 radical (unpaired) electrons. The highest BCUT2D eigenvalue weighted by Gasteiger charge is 2.40. The number of aromatic nitrogens is 2. The highest BCUT2D eigenvalue weighted by atomic mass is 35.5. The molecule has 3 fully saturated rings. The number of carboxylic acid groups (broad SMARTS) is 1. The third-order valence-electron chi connectivity index (χ3n) is 10.6. The summed E-state index contributed by atoms with van der Waals surface area (Å²) in [7, 11) is 0. The average molecular weight is 643 g/mol. The molecule has 3 aliphatic heterocycles. The van der Waals surface area contributed by atoms with E-state index in [4.69, 9.17) is 21.3 Å². The van der Waals surface area contributed by atoms with Crippen LogP contribution in [0.1, 0.15) is 74.8 Å². The Kier molecular flexibility index (Phi) is 9.39. The van der Waals surface area contributed by atoms with Crippen molar-refractivity contribution in [1.29, 1.82) is 5.26 Å². The van der Waals surface area contributed by atoms with Crippen molar-refractivity contribution in [2.75, 3.05) is 44.2 Å². The molecule has 0 bridgehead atoms. The third kappa shape index (κ3) is 7.08. The molecule has 1 spiro atoms. The van der Waals surface area contributed by atoms with Crippen LogP contribution in [0.4, 0.5) is 10.7 Å². The molecule has 4 heterocycles. The summed E-state index contributed by atoms with van der Waals surface area (Å²) >= 11 is 6.28. The normalized spacial score (nSPS) is 19.2. The van der Waals surface area contributed by atoms with Crippen molar-refractivity contribution < 1.29 is 14.6 Å². The van der Waals surface area contributed by atoms with Gasteiger partial charge in [0.25, 0.3) is 0 Å². The molecule has 9 nitrogen and oxygen atoms in total. The summed E-state index contributed by atoms with van der Waals surface area (Å²) in [4.78, 5) is 27.2. The minimum atomic E-state index is -0.789. The van der Waals surface area contributed by atoms with Crippen molar-refractivity contribution in [2.24, 2.45) is 5.41 Å². The van der Waals surface area contributed by atoms with E-state index in [-0.39, 0.29) is 5.41 Å². The maximum Gasteiger partial charge on any atom is 0.407 e. The van der Waals surface area contributed by atoms with Crippen molar-refractivity contribution in [1.82, 2.24) is 19.8 Å². The molecule has 242 valence electrons. The van der Waals surface area contributed by atoms with Gasteiger partial charge in [-0.1, -0.05) is 37.6 Å². The topological polar surface area (TPSA) is 106 Å². The van der Waals surface area contributed by atoms with Crippen LogP contribution in [0.5, 0.6) is 5.75 Å². The third-order valence-corrected chi connectivity index (χ3v) is 10.8. The van der Waals surface area contributed by atoms with E-state index < -0.39 is 6.09 Å². The number of hydrogen-bond donors (Lipinski definition) is 1. The van der Waals surface area contributed by atoms with Crippen molar-refractivity contribution in [2.45, 2.75) is 70.4 Å². The summed E-state index contributed by atoms with van der Waals surface area (Å²) in [6.07, 6.45) is 7.66. The monoisotopic (exact) mass is 642 g/mol. The summed E-state index contributed by atoms with van der Waals surface area (Å²) in [6.45, 7) is 10.1. The van der Waals surface area contributed by atoms with Crippen LogP contribution in [-0.4, -0.2) is 76.3 Å². The molecule has 0 aliphatic carbocycles. The van der Waals surface area contributed by atoms with E-state index in [0.717, 1.165) is 80.4 Å². The Morgan fingerprint density at radius 1 is 1.00 bits per heavy atom. The van der Waals surface area contributed by atoms with Crippen molar-refractivity contribution >= 4 is 23.6 Å². The first-order chi connectivity index (χ1) is 22.1. The second kappa shape index (κ2) is 13.5. The van der Waals surface area contributed by atoms with Gasteiger partial charge in [-0.2, -0.15) is 5.26 Å². The molecule has 2 aromatic carbocycles. The first kappa shape index (κ1) is 32.1. The fourth-order valence-electron chi connectivity index (χ4n) is 7.39. The van der Waals surface area contributed by atoms with Gasteiger partial charge in [0.1, 0.15) is 12.4 Å². The minimum absolute atomic E-state index is 0.331. The number of benzene rings is 2. The second-order valence-electron chi connectivity index (χ2n) is 13.7. The Morgan fingerprint density at radius 2 is 1.67 bits per heavy atom. The van der Waals surface area contributed by atoms with Gasteiger partial charge in [0.2, 0.25) is 5.95 Å². The molecule has 10 heteroatoms. The van der Waals surface area contributed by atoms with E-state index in [1.165, 1.54) is 12.8 Å². The quantitative estimate of drug-likeness (QED) is 0.302. The molecule has 1 aromatic heterocycles. The summed E-state index contributed by atoms with van der Waals surface area (Å²) in [5.41, 5.74) is 3.55. The molecule has 3 aliphatic rings. The lowest BCUT2D eigenvalue weighted by atomic mass is 9.71. The summed E-state index contributed by atoms with van der Waals surface area (Å²) in [5, 5.41) is 19.2. The molecule has 3 saturated heterocycles. The molecule has 1 amide bonds. The van der Waals surface area contributed by atoms with E-state index in [9.17, 15) is 15.2 Å². The zero-order chi connectivity index (χ0) is 32.3. The Bertz CT molecular complexity index is 1560. The predicted octanol–water partition coefficient (Wildman–Crippen LogP) is 6.73. The number of nitrogens with zero attached hydrogens (tertiary/aromatic N) is 6. The Hall–Kier alpha value is -3.87. The lowest BCUT2D eigenvalue weighted by Crippen LogP contribution is -2.52. The van der Waals surface area contributed by atoms with Crippen LogP contribution in [0.2, 0.25) is 5.02 Å². The summed E-state index contributed by atoms with van der Waals surface area (Å²) < 4.78 is 6.12. The standard InChI is InChI=1S/C36H43ClN6O3/c1-35(2,28-21-26(24-38)22-29(37)23-28)27-3-5-32(6-4-27)46-25-30-7-14-39-33(40-30)42-19-12-36(13-20-42)10-17-41(18-11-36)31-8-15-43(16-9-31)34(44)45/h3-7,14,21-23,31H,8-13,15-20,25H2,1-2H3,(H,44,45). The lowest BCUT2D eigenvalue weighted by molar-refractivity contribution is 0.0321. The maximum atomic E-state index is 11.3. The number of anilines is 1. The molecule has 46 heavy (non-hydrogen) atoms. The van der Waals surface area contributed by atoms with Gasteiger partial charge in [-0.25, -0.2) is 14.8 Å². The predicted molar refractivity (Wildman–Crippen MR) is 178 cm³/mol. The number of likely N-dealkylation sites (tertiary alicyclic amines) is 2. The smallest absolute Gasteiger partial charge is 0.407 e. The van der Waals surface area contributed by atoms with Gasteiger partial charge < -0.3 is 24.5 Å². The van der Waals surface area contributed by atoms with Gasteiger partial charge >= 0.3 is 6.09 Å². The number of carbonyl (C=O) groups is 1. The molecular formula is C36H43ClN6O3. The molecule has 0 saturated carbocycles. The first-order valence-electron chi connectivity index (χ1n) is 16.4. The van der Waals surface area contributed by atoms with Gasteiger partial charge in [0.15, 0.2) is 0 Å². The number of halogens is 1. The van der Waals surface area contributed by atoms with Gasteiger partial charge in [0, 0.05) is 48.9 Å². The summed E-state index contributed by atoms with van der Waals surface area (Å²) in [5.74, 6) is 1.54. The van der Waals surface area contributed by atoms with E-state index in [2.05, 4.69) is 46.8 Å². The van der Waals surface area contributed by atoms with Crippen LogP contribution < -0.4 is 9.64 Å². The van der Waals surface area contributed by atoms with Crippen LogP contribution in [-0.2, 0) is 12.0 Å². The minimum Gasteiger partial charge on any atom is -0.487 e. The van der Waals surface area contributed by atoms with Crippen molar-refractivity contribution in [3.05, 3.63) is 82.1 Å². The van der Waals surface area contributed by atoms with E-state index in [0.29, 0.717) is 41.7 Å². The van der Waals surface area contributed by atoms with Crippen LogP contribution in [0.15, 0.2) is 54.7 Å². The maximum absolute atomic E-state index is 11.3. The molecule has 1 N–H and O–H groups in total. The van der Waals surface area contributed by atoms with E-state index in [1.54, 1.807) is 11.0 Å². The molecule has 0 atom stereocenters. The lowest BCUT2D eigenvalue weighted by Gasteiger charge is -2.49. The highest BCUT2D eigenvalue weighted by molar-refractivity contribution is 6.30. The van der Waals surface area contributed by atoms with Crippen LogP contribution in [0.25, 0.3) is 0 Å². The van der Waals surface area contributed by atoms with E-state index in [1.807, 2.05) is 36.5 Å². The Morgan fingerprint density at radius 3 is 2.33 bits per heavy atom. The Balaban J connectivity index is 0.994. The second-order valence-corrected chi connectivity index (χ2v) is 14.1. The fourth-order valence-corrected chi connectivity index (χ4v) is 7.63. The number of piperidine rings is 3. The van der Waals surface area contributed by atoms with Gasteiger partial charge in [0.05, 0.1) is 17.3 Å². The largest absolute Gasteiger partial charge is 0.487 e. The molecule has 0 unspecified atom stereocenters. The average Bonchev–Trinajstić information content (AvgIpc) is 3.08. The molecular weight excluding hydrogens is 600 g/mol. The zero-order valence-electron chi connectivity index (χ0n) is 26.8.